The average molecular weight is 206 g/mol. The Hall–Kier alpha value is -1.54. The normalized spacial score (nSPS) is 21.0. The van der Waals surface area contributed by atoms with E-state index in [-0.39, 0.29) is 6.15 Å². The van der Waals surface area contributed by atoms with Crippen molar-refractivity contribution in [1.29, 1.82) is 0 Å². The Kier molecular flexibility index (Phi) is 4.67. The van der Waals surface area contributed by atoms with Gasteiger partial charge in [0, 0.05) is 6.54 Å². The van der Waals surface area contributed by atoms with Crippen molar-refractivity contribution >= 4 is 12.2 Å². The van der Waals surface area contributed by atoms with Gasteiger partial charge < -0.3 is 21.7 Å². The molecule has 0 saturated carbocycles. The van der Waals surface area contributed by atoms with Crippen molar-refractivity contribution in [2.75, 3.05) is 6.54 Å². The number of rotatable bonds is 2. The lowest BCUT2D eigenvalue weighted by Crippen LogP contribution is -2.51. The number of hydrazine groups is 1. The molecule has 8 heteroatoms. The molecule has 0 bridgehead atoms. The second-order valence-corrected chi connectivity index (χ2v) is 2.72. The molecule has 14 heavy (non-hydrogen) atoms. The van der Waals surface area contributed by atoms with Crippen molar-refractivity contribution in [2.24, 2.45) is 0 Å². The van der Waals surface area contributed by atoms with E-state index in [0.29, 0.717) is 13.0 Å². The SMILES string of the molecule is N.O=C(O)NC1CCCN1NC(=O)O. The maximum absolute atomic E-state index is 10.3. The third kappa shape index (κ3) is 3.46. The van der Waals surface area contributed by atoms with E-state index in [0.717, 1.165) is 6.42 Å². The third-order valence-corrected chi connectivity index (χ3v) is 1.78. The highest BCUT2D eigenvalue weighted by Gasteiger charge is 2.26. The van der Waals surface area contributed by atoms with E-state index in [1.807, 2.05) is 0 Å². The van der Waals surface area contributed by atoms with Crippen LogP contribution in [0.3, 0.4) is 0 Å². The van der Waals surface area contributed by atoms with Crippen molar-refractivity contribution in [3.63, 3.8) is 0 Å². The molecule has 0 aromatic rings. The molecule has 0 aromatic heterocycles. The standard InChI is InChI=1S/C6H11N3O4.H3N/c10-5(11)7-4-2-1-3-9(4)8-6(12)13;/h4,7-8H,1-3H2,(H,10,11)(H,12,13);1H3. The van der Waals surface area contributed by atoms with Crippen LogP contribution in [-0.4, -0.2) is 40.1 Å². The van der Waals surface area contributed by atoms with Crippen molar-refractivity contribution in [1.82, 2.24) is 21.9 Å². The van der Waals surface area contributed by atoms with E-state index in [1.54, 1.807) is 0 Å². The van der Waals surface area contributed by atoms with Crippen LogP contribution in [0.2, 0.25) is 0 Å². The Bertz CT molecular complexity index is 200. The van der Waals surface area contributed by atoms with Gasteiger partial charge in [0.2, 0.25) is 0 Å². The van der Waals surface area contributed by atoms with E-state index in [4.69, 9.17) is 10.2 Å². The number of carbonyl (C=O) groups is 2. The minimum absolute atomic E-state index is 0. The summed E-state index contributed by atoms with van der Waals surface area (Å²) in [4.78, 5) is 20.5. The zero-order valence-corrected chi connectivity index (χ0v) is 7.56. The van der Waals surface area contributed by atoms with Crippen LogP contribution >= 0.6 is 0 Å². The molecule has 1 heterocycles. The first kappa shape index (κ1) is 12.5. The summed E-state index contributed by atoms with van der Waals surface area (Å²) in [5.41, 5.74) is 2.12. The Labute approximate surface area is 80.4 Å². The Morgan fingerprint density at radius 1 is 1.29 bits per heavy atom. The van der Waals surface area contributed by atoms with Crippen molar-refractivity contribution in [3.05, 3.63) is 0 Å². The predicted molar refractivity (Wildman–Crippen MR) is 47.1 cm³/mol. The second kappa shape index (κ2) is 5.25. The number of amides is 2. The number of hydrogen-bond acceptors (Lipinski definition) is 4. The fourth-order valence-corrected chi connectivity index (χ4v) is 1.32. The Morgan fingerprint density at radius 2 is 1.93 bits per heavy atom. The highest BCUT2D eigenvalue weighted by Crippen LogP contribution is 2.11. The molecular weight excluding hydrogens is 192 g/mol. The lowest BCUT2D eigenvalue weighted by Gasteiger charge is -2.22. The van der Waals surface area contributed by atoms with Gasteiger partial charge in [-0.1, -0.05) is 0 Å². The Balaban J connectivity index is 0.00000169. The molecule has 7 N–H and O–H groups in total. The average Bonchev–Trinajstić information content (AvgIpc) is 2.34. The van der Waals surface area contributed by atoms with Gasteiger partial charge in [0.05, 0.1) is 0 Å². The minimum atomic E-state index is -1.18. The monoisotopic (exact) mass is 206 g/mol. The Morgan fingerprint density at radius 3 is 2.43 bits per heavy atom. The highest BCUT2D eigenvalue weighted by atomic mass is 16.4. The summed E-state index contributed by atoms with van der Waals surface area (Å²) in [6, 6.07) is 0. The summed E-state index contributed by atoms with van der Waals surface area (Å²) in [7, 11) is 0. The van der Waals surface area contributed by atoms with Crippen LogP contribution in [0.5, 0.6) is 0 Å². The molecular formula is C6H14N4O4. The van der Waals surface area contributed by atoms with Gasteiger partial charge in [-0.3, -0.25) is 5.43 Å². The number of nitrogens with one attached hydrogen (secondary N) is 2. The summed E-state index contributed by atoms with van der Waals surface area (Å²) < 4.78 is 0. The summed E-state index contributed by atoms with van der Waals surface area (Å²) in [6.45, 7) is 0.525. The lowest BCUT2D eigenvalue weighted by atomic mass is 10.3. The summed E-state index contributed by atoms with van der Waals surface area (Å²) in [6.07, 6.45) is -1.39. The molecule has 1 atom stereocenters. The molecule has 1 aliphatic heterocycles. The van der Waals surface area contributed by atoms with Crippen LogP contribution in [0, 0.1) is 0 Å². The van der Waals surface area contributed by atoms with Crippen molar-refractivity contribution in [3.8, 4) is 0 Å². The smallest absolute Gasteiger partial charge is 0.419 e. The molecule has 0 aliphatic carbocycles. The van der Waals surface area contributed by atoms with E-state index < -0.39 is 18.4 Å². The van der Waals surface area contributed by atoms with Gasteiger partial charge in [-0.15, -0.1) is 0 Å². The van der Waals surface area contributed by atoms with E-state index in [1.165, 1.54) is 5.01 Å². The first-order chi connectivity index (χ1) is 6.09. The molecule has 8 nitrogen and oxygen atoms in total. The molecule has 2 amide bonds. The maximum Gasteiger partial charge on any atom is 0.419 e. The lowest BCUT2D eigenvalue weighted by molar-refractivity contribution is 0.113. The van der Waals surface area contributed by atoms with Gasteiger partial charge in [-0.25, -0.2) is 9.59 Å². The largest absolute Gasteiger partial charge is 0.465 e. The zero-order chi connectivity index (χ0) is 9.84. The van der Waals surface area contributed by atoms with Gasteiger partial charge >= 0.3 is 12.2 Å². The summed E-state index contributed by atoms with van der Waals surface area (Å²) >= 11 is 0. The molecule has 0 radical (unpaired) electrons. The second-order valence-electron chi connectivity index (χ2n) is 2.72. The van der Waals surface area contributed by atoms with Crippen LogP contribution in [0.4, 0.5) is 9.59 Å². The molecule has 1 saturated heterocycles. The van der Waals surface area contributed by atoms with Gasteiger partial charge in [0.15, 0.2) is 0 Å². The molecule has 1 aliphatic rings. The summed E-state index contributed by atoms with van der Waals surface area (Å²) in [5.74, 6) is 0. The third-order valence-electron chi connectivity index (χ3n) is 1.78. The fraction of sp³-hybridized carbons (Fsp3) is 0.667. The van der Waals surface area contributed by atoms with E-state index >= 15 is 0 Å². The van der Waals surface area contributed by atoms with Gasteiger partial charge in [0.1, 0.15) is 6.17 Å². The molecule has 1 unspecified atom stereocenters. The van der Waals surface area contributed by atoms with Crippen LogP contribution in [0.1, 0.15) is 12.8 Å². The first-order valence-electron chi connectivity index (χ1n) is 3.85. The zero-order valence-electron chi connectivity index (χ0n) is 7.56. The summed E-state index contributed by atoms with van der Waals surface area (Å²) in [5, 5.41) is 20.4. The molecule has 1 fully saturated rings. The van der Waals surface area contributed by atoms with Crippen molar-refractivity contribution in [2.45, 2.75) is 19.0 Å². The van der Waals surface area contributed by atoms with Gasteiger partial charge in [-0.2, -0.15) is 5.01 Å². The van der Waals surface area contributed by atoms with E-state index in [9.17, 15) is 9.59 Å². The molecule has 1 rings (SSSR count). The fourth-order valence-electron chi connectivity index (χ4n) is 1.32. The molecule has 82 valence electrons. The first-order valence-corrected chi connectivity index (χ1v) is 3.85. The number of nitrogens with zero attached hydrogens (tertiary/aromatic N) is 1. The molecule has 0 spiro atoms. The molecule has 0 aromatic carbocycles. The minimum Gasteiger partial charge on any atom is -0.465 e. The highest BCUT2D eigenvalue weighted by molar-refractivity contribution is 5.65. The maximum atomic E-state index is 10.3. The van der Waals surface area contributed by atoms with Crippen LogP contribution in [0.25, 0.3) is 0 Å². The van der Waals surface area contributed by atoms with Gasteiger partial charge in [0.25, 0.3) is 0 Å². The van der Waals surface area contributed by atoms with E-state index in [2.05, 4.69) is 10.7 Å². The number of carboxylic acid groups (broad SMARTS) is 2. The quantitative estimate of drug-likeness (QED) is 0.432. The topological polar surface area (TPSA) is 137 Å². The van der Waals surface area contributed by atoms with Crippen LogP contribution < -0.4 is 16.9 Å². The van der Waals surface area contributed by atoms with Crippen LogP contribution in [0.15, 0.2) is 0 Å². The number of hydrogen-bond donors (Lipinski definition) is 5. The predicted octanol–water partition coefficient (Wildman–Crippen LogP) is 0.0205. The van der Waals surface area contributed by atoms with Crippen LogP contribution in [-0.2, 0) is 0 Å². The van der Waals surface area contributed by atoms with Gasteiger partial charge in [-0.05, 0) is 12.8 Å². The van der Waals surface area contributed by atoms with Crippen molar-refractivity contribution < 1.29 is 19.8 Å².